The second-order valence-corrected chi connectivity index (χ2v) is 11.6. The molecule has 5 heterocycles. The van der Waals surface area contributed by atoms with Gasteiger partial charge in [0, 0.05) is 18.7 Å². The van der Waals surface area contributed by atoms with Crippen LogP contribution in [0.25, 0.3) is 0 Å². The maximum Gasteiger partial charge on any atom is 0.269 e. The van der Waals surface area contributed by atoms with Crippen molar-refractivity contribution in [3.8, 4) is 11.5 Å². The third-order valence-electron chi connectivity index (χ3n) is 8.61. The third-order valence-corrected chi connectivity index (χ3v) is 8.61. The fourth-order valence-electron chi connectivity index (χ4n) is 6.32. The Morgan fingerprint density at radius 2 is 2.02 bits per heavy atom. The number of methoxy groups -OCH3 is 1. The summed E-state index contributed by atoms with van der Waals surface area (Å²) in [6.07, 6.45) is 1.12. The van der Waals surface area contributed by atoms with Crippen LogP contribution in [0.2, 0.25) is 0 Å². The minimum atomic E-state index is -1.27. The molecule has 4 aliphatic heterocycles. The Bertz CT molecular complexity index is 1480. The fourth-order valence-corrected chi connectivity index (χ4v) is 6.32. The molecule has 14 heteroatoms. The maximum absolute atomic E-state index is 13.6. The number of aliphatic hydroxyl groups excluding tert-OH is 1. The van der Waals surface area contributed by atoms with E-state index in [1.54, 1.807) is 23.1 Å². The number of hydrogen-bond acceptors (Lipinski definition) is 12. The molecule has 6 rings (SSSR count). The Labute approximate surface area is 242 Å². The molecule has 5 atom stereocenters. The zero-order chi connectivity index (χ0) is 29.8. The van der Waals surface area contributed by atoms with Gasteiger partial charge in [0.15, 0.2) is 17.6 Å². The van der Waals surface area contributed by atoms with E-state index in [0.717, 1.165) is 12.0 Å². The molecule has 1 saturated heterocycles. The van der Waals surface area contributed by atoms with Crippen molar-refractivity contribution < 1.29 is 24.2 Å². The van der Waals surface area contributed by atoms with Crippen LogP contribution in [0.4, 0.5) is 0 Å². The number of carbonyl (C=O) groups excluding carboxylic acids is 2. The minimum Gasteiger partial charge on any atom is -0.495 e. The molecule has 222 valence electrons. The van der Waals surface area contributed by atoms with Gasteiger partial charge in [-0.25, -0.2) is 15.0 Å². The van der Waals surface area contributed by atoms with Crippen molar-refractivity contribution in [3.05, 3.63) is 53.3 Å². The smallest absolute Gasteiger partial charge is 0.269 e. The van der Waals surface area contributed by atoms with E-state index in [-0.39, 0.29) is 42.0 Å². The number of carbonyl (C=O) groups is 2. The number of nitrogens with one attached hydrogen (secondary N) is 3. The van der Waals surface area contributed by atoms with E-state index in [2.05, 4.69) is 44.8 Å². The molecule has 8 N–H and O–H groups in total. The first-order valence-electron chi connectivity index (χ1n) is 13.8. The van der Waals surface area contributed by atoms with Crippen LogP contribution in [0, 0.1) is 0 Å². The predicted octanol–water partition coefficient (Wildman–Crippen LogP) is -0.965. The van der Waals surface area contributed by atoms with Gasteiger partial charge in [-0.15, -0.1) is 0 Å². The van der Waals surface area contributed by atoms with Gasteiger partial charge < -0.3 is 46.9 Å². The highest BCUT2D eigenvalue weighted by Crippen LogP contribution is 2.42. The number of aliphatic hydroxyl groups is 1. The number of fused-ring (bicyclic) bond motifs is 1. The van der Waals surface area contributed by atoms with E-state index in [9.17, 15) is 14.7 Å². The molecule has 0 bridgehead atoms. The van der Waals surface area contributed by atoms with Gasteiger partial charge in [-0.05, 0) is 30.0 Å². The van der Waals surface area contributed by atoms with Crippen molar-refractivity contribution in [2.75, 3.05) is 26.8 Å². The molecular weight excluding hydrogens is 542 g/mol. The first kappa shape index (κ1) is 27.6. The van der Waals surface area contributed by atoms with Crippen LogP contribution in [0.5, 0.6) is 11.5 Å². The Morgan fingerprint density at radius 1 is 1.21 bits per heavy atom. The number of aromatic nitrogens is 1. The van der Waals surface area contributed by atoms with Gasteiger partial charge in [0.05, 0.1) is 37.6 Å². The van der Waals surface area contributed by atoms with Crippen molar-refractivity contribution in [2.24, 2.45) is 21.5 Å². The number of pyridine rings is 1. The molecule has 14 nitrogen and oxygen atoms in total. The van der Waals surface area contributed by atoms with Crippen molar-refractivity contribution >= 4 is 23.7 Å². The van der Waals surface area contributed by atoms with Crippen molar-refractivity contribution in [2.45, 2.75) is 55.6 Å². The molecule has 1 aromatic heterocycles. The minimum absolute atomic E-state index is 0.0545. The fraction of sp³-hybridized carbons (Fsp3) is 0.464. The number of ether oxygens (including phenoxy) is 2. The number of amides is 2. The summed E-state index contributed by atoms with van der Waals surface area (Å²) in [7, 11) is 1.51. The number of nitrogens with zero attached hydrogens (tertiary/aromatic N) is 4. The predicted molar refractivity (Wildman–Crippen MR) is 153 cm³/mol. The van der Waals surface area contributed by atoms with Crippen molar-refractivity contribution in [1.82, 2.24) is 25.8 Å². The van der Waals surface area contributed by atoms with Crippen LogP contribution in [0.3, 0.4) is 0 Å². The normalized spacial score (nSPS) is 28.6. The molecule has 0 radical (unpaired) electrons. The average Bonchev–Trinajstić information content (AvgIpc) is 3.47. The Hall–Kier alpha value is -4.59. The van der Waals surface area contributed by atoms with Gasteiger partial charge in [-0.1, -0.05) is 26.0 Å². The lowest BCUT2D eigenvalue weighted by Gasteiger charge is -2.46. The zero-order valence-corrected chi connectivity index (χ0v) is 23.6. The van der Waals surface area contributed by atoms with E-state index in [1.807, 2.05) is 12.1 Å². The van der Waals surface area contributed by atoms with E-state index < -0.39 is 35.8 Å². The molecule has 2 aromatic rings. The van der Waals surface area contributed by atoms with Crippen molar-refractivity contribution in [1.29, 1.82) is 0 Å². The number of hydrogen-bond donors (Lipinski definition) is 6. The molecule has 1 fully saturated rings. The Morgan fingerprint density at radius 3 is 2.76 bits per heavy atom. The highest BCUT2D eigenvalue weighted by atomic mass is 16.5. The van der Waals surface area contributed by atoms with Crippen LogP contribution in [-0.4, -0.2) is 95.4 Å². The highest BCUT2D eigenvalue weighted by Gasteiger charge is 2.65. The van der Waals surface area contributed by atoms with E-state index in [1.165, 1.54) is 13.3 Å². The van der Waals surface area contributed by atoms with Gasteiger partial charge >= 0.3 is 0 Å². The second-order valence-electron chi connectivity index (χ2n) is 11.6. The molecular formula is C28H35N9O5. The number of rotatable bonds is 6. The highest BCUT2D eigenvalue weighted by molar-refractivity contribution is 5.98. The topological polar surface area (TPSA) is 202 Å². The molecule has 1 aromatic carbocycles. The van der Waals surface area contributed by atoms with Crippen LogP contribution in [-0.2, 0) is 5.41 Å². The standard InChI is InChI=1S/C28H35N9O5/c1-27(2)9-10-42-20-15(5-4-6-16(20)27)23(39)33-19-13-37-26(30)34-18(21-28(37,22(19)38)36-25(29)35-21)12-32-24(40)17-8-7-14(41-3)11-31-17/h4-8,11,18-19,21-22,38H,9-10,12-13H2,1-3H3,(H2,30,34)(H,32,40)(H,33,39)(H3,29,35,36)/t18-,19?,21-,22+,28-/m0/s1. The number of benzene rings is 1. The van der Waals surface area contributed by atoms with Gasteiger partial charge in [-0.3, -0.25) is 9.59 Å². The molecule has 0 saturated carbocycles. The Kier molecular flexibility index (Phi) is 6.60. The quantitative estimate of drug-likeness (QED) is 0.248. The lowest BCUT2D eigenvalue weighted by Crippen LogP contribution is -2.73. The number of guanidine groups is 2. The second kappa shape index (κ2) is 10.0. The summed E-state index contributed by atoms with van der Waals surface area (Å²) in [6, 6.07) is 6.61. The SMILES string of the molecule is COc1ccc(C(=O)NC[C@@H]2N=C(N)N3CC(NC(=O)c4cccc5c4OCCC5(C)C)[C@@H](O)[C@@]34NC(N)=N[C@@H]24)nc1. The monoisotopic (exact) mass is 577 g/mol. The van der Waals surface area contributed by atoms with Crippen LogP contribution in [0.1, 0.15) is 46.7 Å². The lowest BCUT2D eigenvalue weighted by molar-refractivity contribution is 0.0143. The summed E-state index contributed by atoms with van der Waals surface area (Å²) in [5.41, 5.74) is 12.7. The van der Waals surface area contributed by atoms with Crippen LogP contribution in [0.15, 0.2) is 46.5 Å². The summed E-state index contributed by atoms with van der Waals surface area (Å²) in [6.45, 7) is 4.97. The van der Waals surface area contributed by atoms with E-state index >= 15 is 0 Å². The number of para-hydroxylation sites is 1. The van der Waals surface area contributed by atoms with Gasteiger partial charge in [0.25, 0.3) is 11.8 Å². The molecule has 1 spiro atoms. The van der Waals surface area contributed by atoms with E-state index in [4.69, 9.17) is 20.9 Å². The average molecular weight is 578 g/mol. The molecule has 2 amide bonds. The molecule has 42 heavy (non-hydrogen) atoms. The van der Waals surface area contributed by atoms with Gasteiger partial charge in [-0.2, -0.15) is 0 Å². The number of aliphatic imine (C=N–C) groups is 2. The summed E-state index contributed by atoms with van der Waals surface area (Å²) in [5.74, 6) is 0.521. The number of nitrogens with two attached hydrogens (primary N) is 2. The summed E-state index contributed by atoms with van der Waals surface area (Å²) >= 11 is 0. The van der Waals surface area contributed by atoms with Crippen LogP contribution < -0.4 is 36.9 Å². The third kappa shape index (κ3) is 4.33. The summed E-state index contributed by atoms with van der Waals surface area (Å²) < 4.78 is 11.0. The largest absolute Gasteiger partial charge is 0.495 e. The lowest BCUT2D eigenvalue weighted by atomic mass is 9.79. The summed E-state index contributed by atoms with van der Waals surface area (Å²) in [5, 5.41) is 20.6. The van der Waals surface area contributed by atoms with Crippen molar-refractivity contribution in [3.63, 3.8) is 0 Å². The van der Waals surface area contributed by atoms with Gasteiger partial charge in [0.2, 0.25) is 0 Å². The Balaban J connectivity index is 1.21. The first-order valence-corrected chi connectivity index (χ1v) is 13.8. The van der Waals surface area contributed by atoms with E-state index in [0.29, 0.717) is 23.7 Å². The van der Waals surface area contributed by atoms with Gasteiger partial charge in [0.1, 0.15) is 29.3 Å². The maximum atomic E-state index is 13.6. The molecule has 1 unspecified atom stereocenters. The molecule has 0 aliphatic carbocycles. The zero-order valence-electron chi connectivity index (χ0n) is 23.6. The first-order chi connectivity index (χ1) is 20.0. The summed E-state index contributed by atoms with van der Waals surface area (Å²) in [4.78, 5) is 41.3. The molecule has 4 aliphatic rings. The van der Waals surface area contributed by atoms with Crippen LogP contribution >= 0.6 is 0 Å².